The number of amides is 1. The summed E-state index contributed by atoms with van der Waals surface area (Å²) in [5.41, 5.74) is -2.44. The zero-order valence-electron chi connectivity index (χ0n) is 15.7. The van der Waals surface area contributed by atoms with Crippen molar-refractivity contribution < 1.29 is 23.5 Å². The maximum absolute atomic E-state index is 15.6. The number of hydrogen-bond donors (Lipinski definition) is 1. The summed E-state index contributed by atoms with van der Waals surface area (Å²) in [5, 5.41) is 2.71. The number of nitrogens with one attached hydrogen (secondary N) is 1. The van der Waals surface area contributed by atoms with Crippen molar-refractivity contribution in [3.63, 3.8) is 0 Å². The molecule has 0 aromatic carbocycles. The lowest BCUT2D eigenvalue weighted by atomic mass is 9.48. The van der Waals surface area contributed by atoms with Crippen LogP contribution in [-0.2, 0) is 14.3 Å². The summed E-state index contributed by atoms with van der Waals surface area (Å²) in [4.78, 5) is 24.8. The number of esters is 1. The van der Waals surface area contributed by atoms with Gasteiger partial charge >= 0.3 is 12.1 Å². The number of hydrogen-bond acceptors (Lipinski definition) is 4. The van der Waals surface area contributed by atoms with Gasteiger partial charge in [0.05, 0.1) is 7.11 Å². The third kappa shape index (κ3) is 3.49. The number of halogens is 1. The Labute approximate surface area is 149 Å². The van der Waals surface area contributed by atoms with Gasteiger partial charge in [0, 0.05) is 5.41 Å². The Hall–Kier alpha value is -1.33. The van der Waals surface area contributed by atoms with Gasteiger partial charge in [-0.3, -0.25) is 0 Å². The number of ether oxygens (including phenoxy) is 2. The molecule has 0 saturated heterocycles. The Morgan fingerprint density at radius 2 is 1.92 bits per heavy atom. The number of alkyl carbamates (subject to hydrolysis) is 1. The van der Waals surface area contributed by atoms with Crippen molar-refractivity contribution in [1.82, 2.24) is 5.32 Å². The molecule has 1 amide bonds. The van der Waals surface area contributed by atoms with Crippen molar-refractivity contribution in [3.8, 4) is 0 Å². The van der Waals surface area contributed by atoms with Gasteiger partial charge in [0.15, 0.2) is 0 Å². The summed E-state index contributed by atoms with van der Waals surface area (Å²) in [6.45, 7) is 5.31. The normalized spacial score (nSPS) is 38.0. The van der Waals surface area contributed by atoms with Crippen LogP contribution in [0.3, 0.4) is 0 Å². The van der Waals surface area contributed by atoms with Gasteiger partial charge in [0.1, 0.15) is 17.3 Å². The van der Waals surface area contributed by atoms with E-state index in [-0.39, 0.29) is 11.8 Å². The first kappa shape index (κ1) is 18.5. The van der Waals surface area contributed by atoms with Crippen molar-refractivity contribution in [2.24, 2.45) is 17.3 Å². The second kappa shape index (κ2) is 6.13. The van der Waals surface area contributed by atoms with Crippen molar-refractivity contribution in [2.45, 2.75) is 83.0 Å². The summed E-state index contributed by atoms with van der Waals surface area (Å²) in [5.74, 6) is -0.132. The van der Waals surface area contributed by atoms with E-state index in [0.717, 1.165) is 32.1 Å². The minimum atomic E-state index is -1.21. The summed E-state index contributed by atoms with van der Waals surface area (Å²) >= 11 is 0. The molecule has 3 rings (SSSR count). The average molecular weight is 355 g/mol. The Bertz CT molecular complexity index is 560. The Kier molecular flexibility index (Phi) is 4.53. The Morgan fingerprint density at radius 3 is 2.56 bits per heavy atom. The Balaban J connectivity index is 1.85. The van der Waals surface area contributed by atoms with Crippen LogP contribution in [-0.4, -0.2) is 36.5 Å². The number of carbonyl (C=O) groups excluding carboxylic acids is 2. The molecule has 0 aromatic rings. The van der Waals surface area contributed by atoms with Gasteiger partial charge in [0.2, 0.25) is 0 Å². The third-order valence-corrected chi connectivity index (χ3v) is 6.33. The van der Waals surface area contributed by atoms with Gasteiger partial charge < -0.3 is 14.8 Å². The fourth-order valence-electron chi connectivity index (χ4n) is 5.49. The molecule has 0 aliphatic heterocycles. The summed E-state index contributed by atoms with van der Waals surface area (Å²) in [6.07, 6.45) is 4.51. The van der Waals surface area contributed by atoms with Crippen LogP contribution in [0.4, 0.5) is 9.18 Å². The molecule has 3 fully saturated rings. The highest BCUT2D eigenvalue weighted by atomic mass is 19.1. The van der Waals surface area contributed by atoms with E-state index in [4.69, 9.17) is 9.47 Å². The third-order valence-electron chi connectivity index (χ3n) is 6.33. The number of carbonyl (C=O) groups is 2. The SMILES string of the molecule is COC(=O)[C@@H](NC(=O)OC(C)(C)C)C12CCC3CCC(CC3(F)C1)C2. The molecular weight excluding hydrogens is 325 g/mol. The van der Waals surface area contributed by atoms with E-state index < -0.39 is 34.8 Å². The van der Waals surface area contributed by atoms with Crippen molar-refractivity contribution in [1.29, 1.82) is 0 Å². The van der Waals surface area contributed by atoms with E-state index in [1.54, 1.807) is 20.8 Å². The van der Waals surface area contributed by atoms with Crippen LogP contribution < -0.4 is 5.32 Å². The molecule has 3 aliphatic rings. The molecule has 0 radical (unpaired) electrons. The zero-order valence-corrected chi connectivity index (χ0v) is 15.7. The molecule has 3 saturated carbocycles. The maximum atomic E-state index is 15.6. The molecule has 0 spiro atoms. The van der Waals surface area contributed by atoms with Crippen LogP contribution in [0.25, 0.3) is 0 Å². The van der Waals surface area contributed by atoms with E-state index in [9.17, 15) is 9.59 Å². The van der Waals surface area contributed by atoms with Gasteiger partial charge in [-0.05, 0) is 77.6 Å². The first-order valence-corrected chi connectivity index (χ1v) is 9.33. The fourth-order valence-corrected chi connectivity index (χ4v) is 5.49. The summed E-state index contributed by atoms with van der Waals surface area (Å²) in [6, 6.07) is -0.857. The molecule has 6 heteroatoms. The first-order valence-electron chi connectivity index (χ1n) is 9.33. The van der Waals surface area contributed by atoms with Crippen molar-refractivity contribution in [2.75, 3.05) is 7.11 Å². The molecule has 3 aliphatic carbocycles. The molecule has 0 heterocycles. The van der Waals surface area contributed by atoms with Crippen molar-refractivity contribution in [3.05, 3.63) is 0 Å². The highest BCUT2D eigenvalue weighted by Crippen LogP contribution is 2.62. The number of rotatable bonds is 3. The Morgan fingerprint density at radius 1 is 1.20 bits per heavy atom. The lowest BCUT2D eigenvalue weighted by Gasteiger charge is -2.59. The van der Waals surface area contributed by atoms with Crippen LogP contribution in [0.15, 0.2) is 0 Å². The minimum absolute atomic E-state index is 0.0944. The standard InChI is InChI=1S/C19H30FNO4/c1-17(2,3)25-16(23)21-14(15(22)24-4)18-8-7-13-6-5-12(9-18)10-19(13,20)11-18/h12-14H,5-11H2,1-4H3,(H,21,23)/t12?,13?,14-,18?,19?/m1/s1. The number of fused-ring (bicyclic) bond motifs is 2. The van der Waals surface area contributed by atoms with Gasteiger partial charge in [-0.2, -0.15) is 0 Å². The fraction of sp³-hybridized carbons (Fsp3) is 0.895. The zero-order chi connectivity index (χ0) is 18.5. The molecule has 0 aromatic heterocycles. The van der Waals surface area contributed by atoms with Crippen LogP contribution in [0.1, 0.15) is 65.7 Å². The number of alkyl halides is 1. The highest BCUT2D eigenvalue weighted by molar-refractivity contribution is 5.82. The van der Waals surface area contributed by atoms with E-state index in [1.165, 1.54) is 7.11 Å². The largest absolute Gasteiger partial charge is 0.467 e. The lowest BCUT2D eigenvalue weighted by Crippen LogP contribution is -2.63. The summed E-state index contributed by atoms with van der Waals surface area (Å²) in [7, 11) is 1.31. The topological polar surface area (TPSA) is 64.6 Å². The molecule has 142 valence electrons. The first-order chi connectivity index (χ1) is 11.6. The molecule has 5 nitrogen and oxygen atoms in total. The monoisotopic (exact) mass is 355 g/mol. The van der Waals surface area contributed by atoms with Gasteiger partial charge in [0.25, 0.3) is 0 Å². The molecule has 3 bridgehead atoms. The second-order valence-corrected chi connectivity index (χ2v) is 9.26. The summed E-state index contributed by atoms with van der Waals surface area (Å²) < 4.78 is 25.9. The molecule has 5 atom stereocenters. The molecular formula is C19H30FNO4. The smallest absolute Gasteiger partial charge is 0.408 e. The molecule has 4 unspecified atom stereocenters. The van der Waals surface area contributed by atoms with Gasteiger partial charge in [-0.25, -0.2) is 14.0 Å². The predicted octanol–water partition coefficient (Wildman–Crippen LogP) is 3.75. The second-order valence-electron chi connectivity index (χ2n) is 9.26. The molecule has 1 N–H and O–H groups in total. The maximum Gasteiger partial charge on any atom is 0.408 e. The van der Waals surface area contributed by atoms with E-state index in [0.29, 0.717) is 12.8 Å². The quantitative estimate of drug-likeness (QED) is 0.783. The van der Waals surface area contributed by atoms with Crippen LogP contribution in [0, 0.1) is 17.3 Å². The highest BCUT2D eigenvalue weighted by Gasteiger charge is 2.62. The average Bonchev–Trinajstić information content (AvgIpc) is 2.47. The van der Waals surface area contributed by atoms with Crippen molar-refractivity contribution >= 4 is 12.1 Å². The van der Waals surface area contributed by atoms with E-state index >= 15 is 4.39 Å². The molecule has 25 heavy (non-hydrogen) atoms. The lowest BCUT2D eigenvalue weighted by molar-refractivity contribution is -0.163. The van der Waals surface area contributed by atoms with Gasteiger partial charge in [-0.15, -0.1) is 0 Å². The van der Waals surface area contributed by atoms with E-state index in [1.807, 2.05) is 0 Å². The van der Waals surface area contributed by atoms with Crippen LogP contribution >= 0.6 is 0 Å². The van der Waals surface area contributed by atoms with Crippen LogP contribution in [0.5, 0.6) is 0 Å². The van der Waals surface area contributed by atoms with E-state index in [2.05, 4.69) is 5.32 Å². The van der Waals surface area contributed by atoms with Gasteiger partial charge in [-0.1, -0.05) is 0 Å². The number of methoxy groups -OCH3 is 1. The minimum Gasteiger partial charge on any atom is -0.467 e. The van der Waals surface area contributed by atoms with Crippen LogP contribution in [0.2, 0.25) is 0 Å². The predicted molar refractivity (Wildman–Crippen MR) is 90.7 cm³/mol.